The zero-order valence-electron chi connectivity index (χ0n) is 23.4. The van der Waals surface area contributed by atoms with Gasteiger partial charge in [-0.2, -0.15) is 0 Å². The molecule has 1 aromatic carbocycles. The molecule has 1 aliphatic heterocycles. The van der Waals surface area contributed by atoms with E-state index in [1.165, 1.54) is 12.4 Å². The van der Waals surface area contributed by atoms with Gasteiger partial charge in [-0.1, -0.05) is 37.1 Å². The third-order valence-electron chi connectivity index (χ3n) is 6.98. The van der Waals surface area contributed by atoms with E-state index in [0.717, 1.165) is 35.3 Å². The van der Waals surface area contributed by atoms with Crippen molar-refractivity contribution in [1.29, 1.82) is 0 Å². The van der Waals surface area contributed by atoms with Crippen LogP contribution in [0, 0.1) is 5.82 Å². The number of nitrogens with one attached hydrogen (secondary N) is 2. The number of rotatable bonds is 10. The van der Waals surface area contributed by atoms with Gasteiger partial charge in [0.2, 0.25) is 5.91 Å². The summed E-state index contributed by atoms with van der Waals surface area (Å²) >= 11 is 5.89. The Morgan fingerprint density at radius 3 is 2.44 bits per heavy atom. The molecular weight excluding hydrogens is 517 g/mol. The van der Waals surface area contributed by atoms with Crippen LogP contribution in [0.1, 0.15) is 53.0 Å². The van der Waals surface area contributed by atoms with Crippen LogP contribution in [0.25, 0.3) is 5.57 Å². The second-order valence-corrected chi connectivity index (χ2v) is 9.90. The summed E-state index contributed by atoms with van der Waals surface area (Å²) in [5, 5.41) is 7.00. The number of nitrogen functional groups attached to an aromatic ring is 1. The van der Waals surface area contributed by atoms with Crippen LogP contribution in [0.3, 0.4) is 0 Å². The molecule has 1 aromatic heterocycles. The van der Waals surface area contributed by atoms with Crippen molar-refractivity contribution >= 4 is 40.4 Å². The number of benzene rings is 1. The molecule has 1 saturated heterocycles. The molecule has 0 atom stereocenters. The van der Waals surface area contributed by atoms with Crippen LogP contribution in [-0.4, -0.2) is 53.5 Å². The van der Waals surface area contributed by atoms with Gasteiger partial charge in [0.05, 0.1) is 17.8 Å². The first-order valence-corrected chi connectivity index (χ1v) is 13.7. The summed E-state index contributed by atoms with van der Waals surface area (Å²) in [5.41, 5.74) is 11.8. The van der Waals surface area contributed by atoms with E-state index in [1.807, 2.05) is 24.1 Å². The van der Waals surface area contributed by atoms with Crippen molar-refractivity contribution < 1.29 is 9.18 Å². The van der Waals surface area contributed by atoms with E-state index in [2.05, 4.69) is 48.3 Å². The molecule has 1 fully saturated rings. The van der Waals surface area contributed by atoms with Crippen molar-refractivity contribution in [2.24, 2.45) is 0 Å². The summed E-state index contributed by atoms with van der Waals surface area (Å²) in [6.07, 6.45) is 6.88. The lowest BCUT2D eigenvalue weighted by molar-refractivity contribution is -0.129. The molecule has 1 aliphatic rings. The third kappa shape index (κ3) is 7.29. The van der Waals surface area contributed by atoms with Gasteiger partial charge in [0.25, 0.3) is 0 Å². The van der Waals surface area contributed by atoms with Gasteiger partial charge in [0, 0.05) is 42.5 Å². The summed E-state index contributed by atoms with van der Waals surface area (Å²) in [7, 11) is 0. The van der Waals surface area contributed by atoms with Crippen molar-refractivity contribution in [3.8, 4) is 0 Å². The number of carbonyl (C=O) groups excluding carboxylic acids is 1. The minimum absolute atomic E-state index is 0.0469. The van der Waals surface area contributed by atoms with E-state index >= 15 is 0 Å². The largest absolute Gasteiger partial charge is 0.383 e. The van der Waals surface area contributed by atoms with E-state index in [4.69, 9.17) is 17.3 Å². The monoisotopic (exact) mass is 555 g/mol. The van der Waals surface area contributed by atoms with Crippen molar-refractivity contribution in [3.05, 3.63) is 70.0 Å². The number of piperazine rings is 1. The molecular formula is C29H39ClFN7O. The Morgan fingerprint density at radius 2 is 1.82 bits per heavy atom. The lowest BCUT2D eigenvalue weighted by Gasteiger charge is -2.36. The van der Waals surface area contributed by atoms with Crippen LogP contribution in [0.5, 0.6) is 0 Å². The van der Waals surface area contributed by atoms with Gasteiger partial charge in [-0.3, -0.25) is 4.79 Å². The molecule has 39 heavy (non-hydrogen) atoms. The van der Waals surface area contributed by atoms with Crippen LogP contribution < -0.4 is 21.3 Å². The van der Waals surface area contributed by atoms with E-state index < -0.39 is 0 Å². The first-order valence-electron chi connectivity index (χ1n) is 13.3. The molecule has 2 heterocycles. The van der Waals surface area contributed by atoms with E-state index in [1.54, 1.807) is 17.0 Å². The fourth-order valence-electron chi connectivity index (χ4n) is 4.47. The van der Waals surface area contributed by atoms with Gasteiger partial charge in [-0.15, -0.1) is 0 Å². The quantitative estimate of drug-likeness (QED) is 0.328. The number of halogens is 2. The van der Waals surface area contributed by atoms with Crippen molar-refractivity contribution in [2.45, 2.75) is 47.5 Å². The number of allylic oxidation sites excluding steroid dienone is 4. The summed E-state index contributed by atoms with van der Waals surface area (Å²) in [6, 6.07) is 4.66. The van der Waals surface area contributed by atoms with E-state index in [9.17, 15) is 9.18 Å². The van der Waals surface area contributed by atoms with Crippen LogP contribution >= 0.6 is 11.6 Å². The highest BCUT2D eigenvalue weighted by atomic mass is 35.5. The number of hydrogen-bond donors (Lipinski definition) is 3. The number of hydrogen-bond acceptors (Lipinski definition) is 7. The maximum atomic E-state index is 14.4. The maximum absolute atomic E-state index is 14.4. The van der Waals surface area contributed by atoms with Gasteiger partial charge in [-0.25, -0.2) is 14.4 Å². The number of amides is 1. The number of carbonyl (C=O) groups is 1. The van der Waals surface area contributed by atoms with Gasteiger partial charge in [-0.05, 0) is 63.6 Å². The third-order valence-corrected chi connectivity index (χ3v) is 7.21. The fraction of sp³-hybridized carbons (Fsp3) is 0.414. The summed E-state index contributed by atoms with van der Waals surface area (Å²) in [4.78, 5) is 25.6. The molecule has 8 nitrogen and oxygen atoms in total. The second kappa shape index (κ2) is 14.0. The Hall–Kier alpha value is -3.59. The topological polar surface area (TPSA) is 99.4 Å². The molecule has 0 unspecified atom stereocenters. The second-order valence-electron chi connectivity index (χ2n) is 9.46. The minimum atomic E-state index is -0.361. The first kappa shape index (κ1) is 30.0. The van der Waals surface area contributed by atoms with E-state index in [-0.39, 0.29) is 18.3 Å². The molecule has 10 heteroatoms. The Morgan fingerprint density at radius 1 is 1.13 bits per heavy atom. The Bertz CT molecular complexity index is 1270. The number of anilines is 3. The van der Waals surface area contributed by atoms with Crippen LogP contribution in [0.4, 0.5) is 21.7 Å². The molecule has 3 rings (SSSR count). The van der Waals surface area contributed by atoms with Crippen LogP contribution in [0.2, 0.25) is 5.02 Å². The summed E-state index contributed by atoms with van der Waals surface area (Å²) < 4.78 is 14.4. The van der Waals surface area contributed by atoms with Crippen molar-refractivity contribution in [1.82, 2.24) is 20.2 Å². The van der Waals surface area contributed by atoms with Crippen LogP contribution in [0.15, 0.2) is 53.6 Å². The number of nitrogens with two attached hydrogens (primary N) is 1. The Kier molecular flexibility index (Phi) is 10.7. The normalized spacial score (nSPS) is 15.3. The van der Waals surface area contributed by atoms with Gasteiger partial charge >= 0.3 is 0 Å². The molecule has 210 valence electrons. The number of nitrogens with zero attached hydrogens (tertiary/aromatic N) is 4. The van der Waals surface area contributed by atoms with Gasteiger partial charge < -0.3 is 26.2 Å². The van der Waals surface area contributed by atoms with Gasteiger partial charge in [0.15, 0.2) is 0 Å². The first-order chi connectivity index (χ1) is 18.7. The van der Waals surface area contributed by atoms with Crippen molar-refractivity contribution in [3.63, 3.8) is 0 Å². The highest BCUT2D eigenvalue weighted by molar-refractivity contribution is 6.30. The predicted molar refractivity (Wildman–Crippen MR) is 159 cm³/mol. The standard InChI is InChI=1S/C29H39ClFN7O/c1-6-11-33-27(20(5)8-3)25(19(4)7-2)26-28(32)35-18-36-29(26)34-17-24(39)38-14-12-37(13-15-38)23-10-9-21(30)16-22(23)31/h6,9-11,16,18,33H,7-8,12-15,17H2,1-5H3,(H3,32,34,35,36)/b11-6-,25-19-,27-20?. The molecule has 1 amide bonds. The highest BCUT2D eigenvalue weighted by Gasteiger charge is 2.25. The zero-order valence-corrected chi connectivity index (χ0v) is 24.2. The molecule has 0 aliphatic carbocycles. The lowest BCUT2D eigenvalue weighted by atomic mass is 9.93. The maximum Gasteiger partial charge on any atom is 0.242 e. The Labute approximate surface area is 235 Å². The lowest BCUT2D eigenvalue weighted by Crippen LogP contribution is -2.50. The SMILES string of the molecule is C/C=C\NC(=C(C)CC)/C(=C(/C)CC)c1c(N)ncnc1NCC(=O)N1CCN(c2ccc(Cl)cc2F)CC1. The smallest absolute Gasteiger partial charge is 0.242 e. The minimum Gasteiger partial charge on any atom is -0.383 e. The molecule has 0 radical (unpaired) electrons. The highest BCUT2D eigenvalue weighted by Crippen LogP contribution is 2.36. The number of aromatic nitrogens is 2. The average molecular weight is 556 g/mol. The van der Waals surface area contributed by atoms with Gasteiger partial charge in [0.1, 0.15) is 23.8 Å². The summed E-state index contributed by atoms with van der Waals surface area (Å²) in [6.45, 7) is 12.4. The van der Waals surface area contributed by atoms with Crippen molar-refractivity contribution in [2.75, 3.05) is 48.7 Å². The van der Waals surface area contributed by atoms with E-state index in [0.29, 0.717) is 54.1 Å². The molecule has 0 saturated carbocycles. The molecule has 0 spiro atoms. The zero-order chi connectivity index (χ0) is 28.5. The average Bonchev–Trinajstić information content (AvgIpc) is 2.94. The molecule has 0 bridgehead atoms. The molecule has 2 aromatic rings. The molecule has 4 N–H and O–H groups in total. The summed E-state index contributed by atoms with van der Waals surface area (Å²) in [5.74, 6) is 0.411. The Balaban J connectivity index is 1.80. The van der Waals surface area contributed by atoms with Crippen LogP contribution in [-0.2, 0) is 4.79 Å². The predicted octanol–water partition coefficient (Wildman–Crippen LogP) is 5.60. The fourth-order valence-corrected chi connectivity index (χ4v) is 4.62.